The Bertz CT molecular complexity index is 562. The second-order valence-electron chi connectivity index (χ2n) is 3.45. The van der Waals surface area contributed by atoms with Gasteiger partial charge in [0.25, 0.3) is 0 Å². The van der Waals surface area contributed by atoms with Gasteiger partial charge >= 0.3 is 0 Å². The number of ketones is 1. The van der Waals surface area contributed by atoms with E-state index < -0.39 is 0 Å². The highest BCUT2D eigenvalue weighted by molar-refractivity contribution is 6.23. The van der Waals surface area contributed by atoms with Gasteiger partial charge in [0.2, 0.25) is 11.7 Å². The Morgan fingerprint density at radius 2 is 1.94 bits per heavy atom. The van der Waals surface area contributed by atoms with Crippen LogP contribution in [0.25, 0.3) is 5.57 Å². The minimum absolute atomic E-state index is 0.205. The summed E-state index contributed by atoms with van der Waals surface area (Å²) in [7, 11) is 0. The SMILES string of the molecule is C#CC1=C(NC(C)=O)C(=O)c2ccccc21. The number of Topliss-reactive ketones (excluding diaryl/α,β-unsaturated/α-hetero) is 1. The van der Waals surface area contributed by atoms with E-state index >= 15 is 0 Å². The summed E-state index contributed by atoms with van der Waals surface area (Å²) in [4.78, 5) is 22.9. The number of fused-ring (bicyclic) bond motifs is 1. The zero-order valence-electron chi connectivity index (χ0n) is 8.70. The van der Waals surface area contributed by atoms with Gasteiger partial charge in [0.15, 0.2) is 0 Å². The van der Waals surface area contributed by atoms with Crippen LogP contribution in [0.2, 0.25) is 0 Å². The number of hydrogen-bond donors (Lipinski definition) is 1. The van der Waals surface area contributed by atoms with E-state index in [1.807, 2.05) is 0 Å². The maximum Gasteiger partial charge on any atom is 0.221 e. The third-order valence-corrected chi connectivity index (χ3v) is 2.36. The second-order valence-corrected chi connectivity index (χ2v) is 3.45. The van der Waals surface area contributed by atoms with Crippen molar-refractivity contribution < 1.29 is 9.59 Å². The maximum atomic E-state index is 11.9. The number of hydrogen-bond acceptors (Lipinski definition) is 2. The molecule has 0 radical (unpaired) electrons. The molecule has 1 aromatic rings. The first kappa shape index (κ1) is 10.2. The smallest absolute Gasteiger partial charge is 0.221 e. The molecule has 1 aromatic carbocycles. The molecule has 0 spiro atoms. The molecule has 0 bridgehead atoms. The van der Waals surface area contributed by atoms with Gasteiger partial charge in [-0.3, -0.25) is 9.59 Å². The maximum absolute atomic E-state index is 11.9. The van der Waals surface area contributed by atoms with Crippen molar-refractivity contribution in [3.63, 3.8) is 0 Å². The highest BCUT2D eigenvalue weighted by Crippen LogP contribution is 2.30. The summed E-state index contributed by atoms with van der Waals surface area (Å²) in [6.07, 6.45) is 5.37. The van der Waals surface area contributed by atoms with Crippen molar-refractivity contribution >= 4 is 17.3 Å². The largest absolute Gasteiger partial charge is 0.322 e. The second kappa shape index (κ2) is 3.67. The summed E-state index contributed by atoms with van der Waals surface area (Å²) in [5.74, 6) is 1.92. The first-order chi connectivity index (χ1) is 7.65. The third-order valence-electron chi connectivity index (χ3n) is 2.36. The van der Waals surface area contributed by atoms with Crippen LogP contribution in [0.4, 0.5) is 0 Å². The van der Waals surface area contributed by atoms with Crippen molar-refractivity contribution in [2.24, 2.45) is 0 Å². The van der Waals surface area contributed by atoms with Crippen LogP contribution >= 0.6 is 0 Å². The van der Waals surface area contributed by atoms with E-state index in [1.54, 1.807) is 24.3 Å². The minimum Gasteiger partial charge on any atom is -0.322 e. The molecule has 78 valence electrons. The van der Waals surface area contributed by atoms with Crippen molar-refractivity contribution in [3.05, 3.63) is 41.1 Å². The Labute approximate surface area is 93.2 Å². The molecule has 3 nitrogen and oxygen atoms in total. The van der Waals surface area contributed by atoms with Crippen LogP contribution in [0.15, 0.2) is 30.0 Å². The van der Waals surface area contributed by atoms with Crippen molar-refractivity contribution in [2.75, 3.05) is 0 Å². The number of carbonyl (C=O) groups is 2. The van der Waals surface area contributed by atoms with Crippen LogP contribution in [0.1, 0.15) is 22.8 Å². The van der Waals surface area contributed by atoms with Gasteiger partial charge in [-0.1, -0.05) is 30.2 Å². The lowest BCUT2D eigenvalue weighted by Crippen LogP contribution is -2.23. The number of amides is 1. The molecule has 0 unspecified atom stereocenters. The number of nitrogens with one attached hydrogen (secondary N) is 1. The van der Waals surface area contributed by atoms with E-state index in [2.05, 4.69) is 11.2 Å². The number of terminal acetylenes is 1. The molecule has 0 heterocycles. The fraction of sp³-hybridized carbons (Fsp3) is 0.0769. The van der Waals surface area contributed by atoms with Gasteiger partial charge in [-0.15, -0.1) is 6.42 Å². The molecule has 2 rings (SSSR count). The summed E-state index contributed by atoms with van der Waals surface area (Å²) >= 11 is 0. The zero-order chi connectivity index (χ0) is 11.7. The highest BCUT2D eigenvalue weighted by Gasteiger charge is 2.28. The summed E-state index contributed by atoms with van der Waals surface area (Å²) in [6.45, 7) is 1.34. The van der Waals surface area contributed by atoms with E-state index in [0.717, 1.165) is 0 Å². The van der Waals surface area contributed by atoms with Crippen LogP contribution in [0, 0.1) is 12.3 Å². The van der Waals surface area contributed by atoms with Gasteiger partial charge in [-0.2, -0.15) is 0 Å². The average Bonchev–Trinajstić information content (AvgIpc) is 2.52. The summed E-state index contributed by atoms with van der Waals surface area (Å²) in [5.41, 5.74) is 1.91. The average molecular weight is 211 g/mol. The van der Waals surface area contributed by atoms with Crippen molar-refractivity contribution in [1.29, 1.82) is 0 Å². The first-order valence-corrected chi connectivity index (χ1v) is 4.77. The lowest BCUT2D eigenvalue weighted by atomic mass is 10.1. The Morgan fingerprint density at radius 1 is 1.31 bits per heavy atom. The number of allylic oxidation sites excluding steroid dienone is 2. The fourth-order valence-electron chi connectivity index (χ4n) is 1.73. The van der Waals surface area contributed by atoms with Gasteiger partial charge in [0, 0.05) is 18.1 Å². The van der Waals surface area contributed by atoms with Gasteiger partial charge in [-0.25, -0.2) is 0 Å². The van der Waals surface area contributed by atoms with Crippen molar-refractivity contribution in [1.82, 2.24) is 5.32 Å². The van der Waals surface area contributed by atoms with Crippen LogP contribution in [0.3, 0.4) is 0 Å². The quantitative estimate of drug-likeness (QED) is 0.713. The van der Waals surface area contributed by atoms with Crippen LogP contribution < -0.4 is 5.32 Å². The lowest BCUT2D eigenvalue weighted by molar-refractivity contribution is -0.118. The van der Waals surface area contributed by atoms with Crippen LogP contribution in [0.5, 0.6) is 0 Å². The molecule has 0 aliphatic heterocycles. The predicted octanol–water partition coefficient (Wildman–Crippen LogP) is 1.36. The van der Waals surface area contributed by atoms with E-state index in [9.17, 15) is 9.59 Å². The number of benzene rings is 1. The summed E-state index contributed by atoms with van der Waals surface area (Å²) in [6, 6.07) is 7.04. The number of carbonyl (C=O) groups excluding carboxylic acids is 2. The Kier molecular flexibility index (Phi) is 2.34. The molecule has 1 aliphatic rings. The van der Waals surface area contributed by atoms with E-state index in [4.69, 9.17) is 6.42 Å². The predicted molar refractivity (Wildman–Crippen MR) is 60.3 cm³/mol. The lowest BCUT2D eigenvalue weighted by Gasteiger charge is -2.01. The van der Waals surface area contributed by atoms with Crippen molar-refractivity contribution in [3.8, 4) is 12.3 Å². The third kappa shape index (κ3) is 1.41. The Balaban J connectivity index is 2.59. The first-order valence-electron chi connectivity index (χ1n) is 4.77. The molecule has 1 aliphatic carbocycles. The molecule has 3 heteroatoms. The van der Waals surface area contributed by atoms with Gasteiger partial charge in [0.1, 0.15) is 5.70 Å². The fourth-order valence-corrected chi connectivity index (χ4v) is 1.73. The normalized spacial score (nSPS) is 13.4. The summed E-state index contributed by atoms with van der Waals surface area (Å²) < 4.78 is 0. The van der Waals surface area contributed by atoms with Crippen LogP contribution in [-0.4, -0.2) is 11.7 Å². The topological polar surface area (TPSA) is 46.2 Å². The monoisotopic (exact) mass is 211 g/mol. The standard InChI is InChI=1S/C13H9NO2/c1-3-9-10-6-4-5-7-11(10)13(16)12(9)14-8(2)15/h1,4-7H,2H3,(H,14,15,16). The van der Waals surface area contributed by atoms with Gasteiger partial charge < -0.3 is 5.32 Å². The molecule has 0 fully saturated rings. The molecular formula is C13H9NO2. The summed E-state index contributed by atoms with van der Waals surface area (Å²) in [5, 5.41) is 2.49. The van der Waals surface area contributed by atoms with Gasteiger partial charge in [0.05, 0.1) is 5.57 Å². The van der Waals surface area contributed by atoms with E-state index in [0.29, 0.717) is 16.7 Å². The molecule has 0 saturated heterocycles. The van der Waals surface area contributed by atoms with Gasteiger partial charge in [-0.05, 0) is 0 Å². The molecule has 1 N–H and O–H groups in total. The van der Waals surface area contributed by atoms with Crippen molar-refractivity contribution in [2.45, 2.75) is 6.92 Å². The van der Waals surface area contributed by atoms with E-state index in [-0.39, 0.29) is 17.4 Å². The highest BCUT2D eigenvalue weighted by atomic mass is 16.2. The number of rotatable bonds is 1. The molecule has 0 aromatic heterocycles. The van der Waals surface area contributed by atoms with Crippen LogP contribution in [-0.2, 0) is 4.79 Å². The molecular weight excluding hydrogens is 202 g/mol. The molecule has 16 heavy (non-hydrogen) atoms. The Morgan fingerprint density at radius 3 is 2.50 bits per heavy atom. The minimum atomic E-state index is -0.302. The van der Waals surface area contributed by atoms with E-state index in [1.165, 1.54) is 6.92 Å². The zero-order valence-corrected chi connectivity index (χ0v) is 8.70. The molecule has 1 amide bonds. The molecule has 0 atom stereocenters. The molecule has 0 saturated carbocycles. The Hall–Kier alpha value is -2.34.